The first-order valence-corrected chi connectivity index (χ1v) is 10.2. The number of hydrogen-bond donors (Lipinski definition) is 1. The average Bonchev–Trinajstić information content (AvgIpc) is 3.11. The number of carbonyl (C=O) groups is 1. The van der Waals surface area contributed by atoms with Crippen LogP contribution >= 0.6 is 11.3 Å². The number of carbonyl (C=O) groups excluding carboxylic acids is 1. The molecule has 0 aliphatic carbocycles. The highest BCUT2D eigenvalue weighted by molar-refractivity contribution is 7.07. The fraction of sp³-hybridized carbons (Fsp3) is 0. The summed E-state index contributed by atoms with van der Waals surface area (Å²) in [5, 5.41) is 12.5. The smallest absolute Gasteiger partial charge is 0.273 e. The Kier molecular flexibility index (Phi) is 5.83. The minimum Gasteiger partial charge on any atom is -0.321 e. The highest BCUT2D eigenvalue weighted by Crippen LogP contribution is 2.08. The molecule has 6 nitrogen and oxygen atoms in total. The zero-order valence-electron chi connectivity index (χ0n) is 16.2. The number of aromatic nitrogens is 2. The van der Waals surface area contributed by atoms with Gasteiger partial charge in [0.2, 0.25) is 0 Å². The van der Waals surface area contributed by atoms with Crippen LogP contribution in [0.15, 0.2) is 90.0 Å². The van der Waals surface area contributed by atoms with Crippen LogP contribution in [0, 0.1) is 11.3 Å². The van der Waals surface area contributed by atoms with Gasteiger partial charge in [-0.15, -0.1) is 11.3 Å². The Balaban J connectivity index is 1.96. The summed E-state index contributed by atoms with van der Waals surface area (Å²) >= 11 is 1.09. The first kappa shape index (κ1) is 20.0. The number of nitrogens with zero attached hydrogens (tertiary/aromatic N) is 3. The number of nitrogens with one attached hydrogen (secondary N) is 1. The second-order valence-corrected chi connectivity index (χ2v) is 7.52. The van der Waals surface area contributed by atoms with Crippen molar-refractivity contribution in [3.8, 4) is 11.8 Å². The highest BCUT2D eigenvalue weighted by atomic mass is 32.1. The van der Waals surface area contributed by atoms with Gasteiger partial charge in [-0.3, -0.25) is 19.1 Å². The maximum Gasteiger partial charge on any atom is 0.273 e. The molecule has 0 radical (unpaired) electrons. The fourth-order valence-electron chi connectivity index (χ4n) is 2.99. The molecule has 0 atom stereocenters. The first-order chi connectivity index (χ1) is 15.2. The molecule has 1 amide bonds. The van der Waals surface area contributed by atoms with E-state index in [0.29, 0.717) is 15.9 Å². The molecule has 2 aromatic heterocycles. The van der Waals surface area contributed by atoms with Crippen molar-refractivity contribution in [2.24, 2.45) is 0 Å². The first-order valence-electron chi connectivity index (χ1n) is 9.37. The third kappa shape index (κ3) is 4.34. The number of rotatable bonds is 4. The monoisotopic (exact) mass is 424 g/mol. The van der Waals surface area contributed by atoms with Gasteiger partial charge in [0.15, 0.2) is 5.57 Å². The van der Waals surface area contributed by atoms with Gasteiger partial charge in [0.25, 0.3) is 11.5 Å². The van der Waals surface area contributed by atoms with Gasteiger partial charge >= 0.3 is 0 Å². The molecule has 0 saturated carbocycles. The topological polar surface area (TPSA) is 87.8 Å². The molecule has 0 unspecified atom stereocenters. The van der Waals surface area contributed by atoms with Crippen molar-refractivity contribution in [3.63, 3.8) is 0 Å². The molecule has 0 aliphatic heterocycles. The number of para-hydroxylation sites is 2. The summed E-state index contributed by atoms with van der Waals surface area (Å²) in [7, 11) is 0. The third-order valence-electron chi connectivity index (χ3n) is 4.40. The van der Waals surface area contributed by atoms with E-state index in [1.54, 1.807) is 73.1 Å². The van der Waals surface area contributed by atoms with E-state index < -0.39 is 5.91 Å². The number of hydrogen-bond acceptors (Lipinski definition) is 5. The van der Waals surface area contributed by atoms with Crippen molar-refractivity contribution in [2.75, 3.05) is 5.32 Å². The average molecular weight is 424 g/mol. The second-order valence-electron chi connectivity index (χ2n) is 6.49. The largest absolute Gasteiger partial charge is 0.321 e. The summed E-state index contributed by atoms with van der Waals surface area (Å²) in [6, 6.07) is 23.4. The SMILES string of the molecule is N#C/C(C(=O)Nc1ccccc1)=c1\s/c(=C/c2cccnc2)c(=O)n1-c1ccccc1. The Labute approximate surface area is 181 Å². The lowest BCUT2D eigenvalue weighted by molar-refractivity contribution is -0.111. The van der Waals surface area contributed by atoms with Crippen molar-refractivity contribution in [1.82, 2.24) is 9.55 Å². The number of anilines is 1. The van der Waals surface area contributed by atoms with Crippen LogP contribution in [0.4, 0.5) is 5.69 Å². The van der Waals surface area contributed by atoms with E-state index in [9.17, 15) is 14.9 Å². The second kappa shape index (κ2) is 9.03. The van der Waals surface area contributed by atoms with Crippen molar-refractivity contribution < 1.29 is 4.79 Å². The fourth-order valence-corrected chi connectivity index (χ4v) is 4.09. The van der Waals surface area contributed by atoms with Gasteiger partial charge in [-0.1, -0.05) is 42.5 Å². The molecule has 4 rings (SSSR count). The van der Waals surface area contributed by atoms with Crippen LogP contribution in [0.3, 0.4) is 0 Å². The summed E-state index contributed by atoms with van der Waals surface area (Å²) in [6.45, 7) is 0. The molecule has 0 aliphatic rings. The summed E-state index contributed by atoms with van der Waals surface area (Å²) in [6.07, 6.45) is 4.99. The maximum absolute atomic E-state index is 13.3. The standard InChI is InChI=1S/C24H16N4O2S/c25-15-20(22(29)27-18-9-3-1-4-10-18)24-28(19-11-5-2-6-12-19)23(30)21(31-24)14-17-8-7-13-26-16-17/h1-14,16H,(H,27,29)/b21-14+,24-20+. The molecule has 0 bridgehead atoms. The Hall–Kier alpha value is -4.28. The third-order valence-corrected chi connectivity index (χ3v) is 5.50. The van der Waals surface area contributed by atoms with Crippen LogP contribution in [-0.4, -0.2) is 15.5 Å². The molecule has 150 valence electrons. The molecule has 7 heteroatoms. The molecule has 31 heavy (non-hydrogen) atoms. The van der Waals surface area contributed by atoms with Gasteiger partial charge in [0, 0.05) is 18.1 Å². The van der Waals surface area contributed by atoms with E-state index >= 15 is 0 Å². The van der Waals surface area contributed by atoms with Crippen LogP contribution in [-0.2, 0) is 4.79 Å². The van der Waals surface area contributed by atoms with E-state index in [0.717, 1.165) is 16.9 Å². The van der Waals surface area contributed by atoms with Gasteiger partial charge in [-0.25, -0.2) is 0 Å². The van der Waals surface area contributed by atoms with E-state index in [-0.39, 0.29) is 15.8 Å². The van der Waals surface area contributed by atoms with Crippen molar-refractivity contribution in [3.05, 3.63) is 110 Å². The Morgan fingerprint density at radius 3 is 2.39 bits per heavy atom. The van der Waals surface area contributed by atoms with Crippen LogP contribution < -0.4 is 20.1 Å². The summed E-state index contributed by atoms with van der Waals surface area (Å²) < 4.78 is 2.06. The lowest BCUT2D eigenvalue weighted by atomic mass is 10.2. The van der Waals surface area contributed by atoms with Gasteiger partial charge in [-0.2, -0.15) is 5.26 Å². The lowest BCUT2D eigenvalue weighted by Gasteiger charge is -2.05. The van der Waals surface area contributed by atoms with E-state index in [1.165, 1.54) is 4.57 Å². The number of benzene rings is 2. The molecule has 0 spiro atoms. The normalized spacial score (nSPS) is 12.2. The number of amides is 1. The molecular formula is C24H16N4O2S. The summed E-state index contributed by atoms with van der Waals surface area (Å²) in [4.78, 5) is 30.2. The Bertz CT molecular complexity index is 1430. The van der Waals surface area contributed by atoms with Crippen LogP contribution in [0.25, 0.3) is 17.3 Å². The minimum absolute atomic E-state index is 0.138. The van der Waals surface area contributed by atoms with E-state index in [2.05, 4.69) is 10.3 Å². The van der Waals surface area contributed by atoms with Crippen molar-refractivity contribution in [2.45, 2.75) is 0 Å². The summed E-state index contributed by atoms with van der Waals surface area (Å²) in [5.74, 6) is -0.576. The Morgan fingerprint density at radius 1 is 1.03 bits per heavy atom. The van der Waals surface area contributed by atoms with Gasteiger partial charge in [0.05, 0.1) is 10.2 Å². The molecule has 1 N–H and O–H groups in total. The predicted molar refractivity (Wildman–Crippen MR) is 121 cm³/mol. The maximum atomic E-state index is 13.3. The molecule has 0 fully saturated rings. The highest BCUT2D eigenvalue weighted by Gasteiger charge is 2.17. The lowest BCUT2D eigenvalue weighted by Crippen LogP contribution is -2.32. The van der Waals surface area contributed by atoms with Crippen molar-refractivity contribution >= 4 is 34.6 Å². The van der Waals surface area contributed by atoms with Gasteiger partial charge in [0.1, 0.15) is 10.7 Å². The molecular weight excluding hydrogens is 408 g/mol. The van der Waals surface area contributed by atoms with Crippen molar-refractivity contribution in [1.29, 1.82) is 5.26 Å². The van der Waals surface area contributed by atoms with Crippen LogP contribution in [0.2, 0.25) is 0 Å². The van der Waals surface area contributed by atoms with Crippen LogP contribution in [0.5, 0.6) is 0 Å². The summed E-state index contributed by atoms with van der Waals surface area (Å²) in [5.41, 5.74) is 1.44. The molecule has 4 aromatic rings. The zero-order valence-corrected chi connectivity index (χ0v) is 17.0. The molecule has 2 heterocycles. The van der Waals surface area contributed by atoms with E-state index in [1.807, 2.05) is 24.3 Å². The zero-order chi connectivity index (χ0) is 21.6. The van der Waals surface area contributed by atoms with Gasteiger partial charge < -0.3 is 5.32 Å². The minimum atomic E-state index is -0.576. The van der Waals surface area contributed by atoms with E-state index in [4.69, 9.17) is 0 Å². The molecule has 2 aromatic carbocycles. The quantitative estimate of drug-likeness (QED) is 0.545. The number of thiazole rings is 1. The Morgan fingerprint density at radius 2 is 1.74 bits per heavy atom. The number of pyridine rings is 1. The van der Waals surface area contributed by atoms with Gasteiger partial charge in [-0.05, 0) is 42.0 Å². The number of nitriles is 1. The van der Waals surface area contributed by atoms with Crippen LogP contribution in [0.1, 0.15) is 5.56 Å². The molecule has 0 saturated heterocycles. The predicted octanol–water partition coefficient (Wildman–Crippen LogP) is 2.44.